The lowest BCUT2D eigenvalue weighted by atomic mass is 10.3. The molecule has 0 aliphatic carbocycles. The quantitative estimate of drug-likeness (QED) is 0.534. The maximum atomic E-state index is 12.4. The molecule has 0 spiro atoms. The largest absolute Gasteiger partial charge is 0.252 e. The molecule has 5 heteroatoms. The van der Waals surface area contributed by atoms with Crippen molar-refractivity contribution in [1.82, 2.24) is 4.98 Å². The number of nitriles is 1. The van der Waals surface area contributed by atoms with Crippen LogP contribution in [0.2, 0.25) is 0 Å². The highest BCUT2D eigenvalue weighted by Gasteiger charge is 2.11. The Morgan fingerprint density at radius 3 is 2.55 bits per heavy atom. The second-order valence-corrected chi connectivity index (χ2v) is 1.71. The zero-order valence-electron chi connectivity index (χ0n) is 5.11. The smallest absolute Gasteiger partial charge is 0.200 e. The number of aromatic nitrogens is 1. The van der Waals surface area contributed by atoms with E-state index in [0.29, 0.717) is 6.07 Å². The van der Waals surface area contributed by atoms with Crippen molar-refractivity contribution in [2.24, 2.45) is 0 Å². The van der Waals surface area contributed by atoms with E-state index in [9.17, 15) is 13.2 Å². The van der Waals surface area contributed by atoms with Crippen LogP contribution in [0.15, 0.2) is 6.07 Å². The van der Waals surface area contributed by atoms with Crippen molar-refractivity contribution < 1.29 is 13.2 Å². The van der Waals surface area contributed by atoms with Crippen LogP contribution in [0.4, 0.5) is 13.2 Å². The first-order valence-corrected chi connectivity index (χ1v) is 2.57. The molecule has 0 fully saturated rings. The Labute approximate surface area is 59.9 Å². The number of halogens is 3. The Morgan fingerprint density at radius 2 is 2.00 bits per heavy atom. The van der Waals surface area contributed by atoms with Gasteiger partial charge in [-0.2, -0.15) is 19.0 Å². The third-order valence-electron chi connectivity index (χ3n) is 1.01. The summed E-state index contributed by atoms with van der Waals surface area (Å²) < 4.78 is 36.6. The van der Waals surface area contributed by atoms with Crippen LogP contribution < -0.4 is 0 Å². The number of pyridine rings is 1. The molecule has 0 bridgehead atoms. The molecule has 1 aromatic heterocycles. The van der Waals surface area contributed by atoms with E-state index in [1.165, 1.54) is 6.07 Å². The van der Waals surface area contributed by atoms with Gasteiger partial charge < -0.3 is 0 Å². The summed E-state index contributed by atoms with van der Waals surface area (Å²) in [6, 6.07) is 1.81. The van der Waals surface area contributed by atoms with E-state index < -0.39 is 23.3 Å². The minimum atomic E-state index is -1.60. The van der Waals surface area contributed by atoms with E-state index in [4.69, 9.17) is 5.26 Å². The topological polar surface area (TPSA) is 36.7 Å². The maximum Gasteiger partial charge on any atom is 0.252 e. The van der Waals surface area contributed by atoms with Crippen LogP contribution in [0.3, 0.4) is 0 Å². The van der Waals surface area contributed by atoms with Gasteiger partial charge >= 0.3 is 0 Å². The zero-order chi connectivity index (χ0) is 8.43. The Hall–Kier alpha value is -1.57. The van der Waals surface area contributed by atoms with Crippen molar-refractivity contribution in [3.8, 4) is 6.07 Å². The van der Waals surface area contributed by atoms with Crippen LogP contribution in [0.25, 0.3) is 0 Å². The predicted molar refractivity (Wildman–Crippen MR) is 28.8 cm³/mol. The van der Waals surface area contributed by atoms with Crippen molar-refractivity contribution in [3.63, 3.8) is 0 Å². The molecular weight excluding hydrogens is 157 g/mol. The summed E-state index contributed by atoms with van der Waals surface area (Å²) >= 11 is 0. The maximum absolute atomic E-state index is 12.4. The van der Waals surface area contributed by atoms with Gasteiger partial charge in [0.15, 0.2) is 5.82 Å². The Morgan fingerprint density at radius 1 is 1.36 bits per heavy atom. The summed E-state index contributed by atoms with van der Waals surface area (Å²) in [5, 5.41) is 8.12. The number of nitrogens with zero attached hydrogens (tertiary/aromatic N) is 2. The molecule has 1 heterocycles. The summed E-state index contributed by atoms with van der Waals surface area (Å²) in [4.78, 5) is 2.52. The van der Waals surface area contributed by atoms with Gasteiger partial charge in [0.1, 0.15) is 6.07 Å². The molecule has 11 heavy (non-hydrogen) atoms. The summed E-state index contributed by atoms with van der Waals surface area (Å²) in [6.07, 6.45) is 0. The van der Waals surface area contributed by atoms with Crippen molar-refractivity contribution in [2.45, 2.75) is 0 Å². The fourth-order valence-electron chi connectivity index (χ4n) is 0.550. The highest BCUT2D eigenvalue weighted by Crippen LogP contribution is 2.09. The molecule has 0 aliphatic heterocycles. The Kier molecular flexibility index (Phi) is 1.77. The number of rotatable bonds is 0. The van der Waals surface area contributed by atoms with E-state index in [-0.39, 0.29) is 0 Å². The molecule has 0 aromatic carbocycles. The normalized spacial score (nSPS) is 9.27. The van der Waals surface area contributed by atoms with E-state index in [0.717, 1.165) is 0 Å². The molecule has 0 saturated carbocycles. The Balaban J connectivity index is 3.39. The molecule has 0 radical (unpaired) electrons. The number of hydrogen-bond donors (Lipinski definition) is 0. The minimum Gasteiger partial charge on any atom is -0.200 e. The van der Waals surface area contributed by atoms with Gasteiger partial charge in [-0.05, 0) is 0 Å². The van der Waals surface area contributed by atoms with Crippen molar-refractivity contribution in [2.75, 3.05) is 0 Å². The third kappa shape index (κ3) is 1.29. The van der Waals surface area contributed by atoms with Gasteiger partial charge in [0.2, 0.25) is 5.95 Å². The first-order chi connectivity index (χ1) is 5.15. The fourth-order valence-corrected chi connectivity index (χ4v) is 0.550. The third-order valence-corrected chi connectivity index (χ3v) is 1.01. The fraction of sp³-hybridized carbons (Fsp3) is 0. The first kappa shape index (κ1) is 7.54. The Bertz CT molecular complexity index is 329. The molecule has 0 aliphatic rings. The molecule has 0 N–H and O–H groups in total. The lowest BCUT2D eigenvalue weighted by molar-refractivity contribution is 0.445. The average molecular weight is 158 g/mol. The molecule has 0 amide bonds. The lowest BCUT2D eigenvalue weighted by Gasteiger charge is -1.93. The number of hydrogen-bond acceptors (Lipinski definition) is 2. The molecular formula is C6HF3N2. The molecule has 56 valence electrons. The second kappa shape index (κ2) is 2.58. The van der Waals surface area contributed by atoms with Crippen LogP contribution in [-0.2, 0) is 0 Å². The van der Waals surface area contributed by atoms with Gasteiger partial charge in [-0.15, -0.1) is 0 Å². The van der Waals surface area contributed by atoms with Gasteiger partial charge in [0.25, 0.3) is 5.95 Å². The summed E-state index contributed by atoms with van der Waals surface area (Å²) in [7, 11) is 0. The monoisotopic (exact) mass is 158 g/mol. The first-order valence-electron chi connectivity index (χ1n) is 2.57. The van der Waals surface area contributed by atoms with E-state index in [1.807, 2.05) is 0 Å². The predicted octanol–water partition coefficient (Wildman–Crippen LogP) is 1.37. The highest BCUT2D eigenvalue weighted by atomic mass is 19.2. The summed E-state index contributed by atoms with van der Waals surface area (Å²) in [5.74, 6) is -4.23. The second-order valence-electron chi connectivity index (χ2n) is 1.71. The van der Waals surface area contributed by atoms with Gasteiger partial charge in [0, 0.05) is 6.07 Å². The minimum absolute atomic E-state index is 0.526. The van der Waals surface area contributed by atoms with Crippen LogP contribution in [0.5, 0.6) is 0 Å². The van der Waals surface area contributed by atoms with Gasteiger partial charge in [0.05, 0.1) is 5.56 Å². The average Bonchev–Trinajstić information content (AvgIpc) is 1.96. The van der Waals surface area contributed by atoms with Crippen LogP contribution in [0, 0.1) is 29.0 Å². The van der Waals surface area contributed by atoms with Crippen LogP contribution in [0.1, 0.15) is 5.56 Å². The SMILES string of the molecule is N#Cc1cc(F)nc(F)c1F. The van der Waals surface area contributed by atoms with Crippen molar-refractivity contribution in [1.29, 1.82) is 5.26 Å². The molecule has 0 unspecified atom stereocenters. The highest BCUT2D eigenvalue weighted by molar-refractivity contribution is 5.28. The van der Waals surface area contributed by atoms with E-state index >= 15 is 0 Å². The molecule has 1 rings (SSSR count). The van der Waals surface area contributed by atoms with Gasteiger partial charge in [-0.1, -0.05) is 0 Å². The molecule has 0 atom stereocenters. The van der Waals surface area contributed by atoms with Crippen molar-refractivity contribution >= 4 is 0 Å². The van der Waals surface area contributed by atoms with Crippen LogP contribution >= 0.6 is 0 Å². The lowest BCUT2D eigenvalue weighted by Crippen LogP contribution is -1.96. The molecule has 2 nitrogen and oxygen atoms in total. The van der Waals surface area contributed by atoms with Gasteiger partial charge in [-0.3, -0.25) is 0 Å². The van der Waals surface area contributed by atoms with E-state index in [1.54, 1.807) is 0 Å². The summed E-state index contributed by atoms with van der Waals surface area (Å²) in [5.41, 5.74) is -0.685. The zero-order valence-corrected chi connectivity index (χ0v) is 5.11. The van der Waals surface area contributed by atoms with Crippen LogP contribution in [-0.4, -0.2) is 4.98 Å². The molecule has 1 aromatic rings. The van der Waals surface area contributed by atoms with Gasteiger partial charge in [-0.25, -0.2) is 4.39 Å². The summed E-state index contributed by atoms with van der Waals surface area (Å²) in [6.45, 7) is 0. The van der Waals surface area contributed by atoms with E-state index in [2.05, 4.69) is 4.98 Å². The standard InChI is InChI=1S/C6HF3N2/c7-4-1-3(2-10)5(8)6(9)11-4/h1H. The molecule has 0 saturated heterocycles. The van der Waals surface area contributed by atoms with Crippen molar-refractivity contribution in [3.05, 3.63) is 29.3 Å².